The Kier molecular flexibility index (Phi) is 5.09. The lowest BCUT2D eigenvalue weighted by molar-refractivity contribution is -0.136. The maximum absolute atomic E-state index is 11.0. The summed E-state index contributed by atoms with van der Waals surface area (Å²) >= 11 is 1.76. The van der Waals surface area contributed by atoms with Crippen LogP contribution in [0.2, 0.25) is 0 Å². The van der Waals surface area contributed by atoms with Gasteiger partial charge in [-0.3, -0.25) is 0 Å². The van der Waals surface area contributed by atoms with E-state index in [0.717, 1.165) is 0 Å². The van der Waals surface area contributed by atoms with Crippen LogP contribution in [-0.4, -0.2) is 17.2 Å². The normalized spacial score (nSPS) is 17.8. The Morgan fingerprint density at radius 3 is 2.64 bits per heavy atom. The second-order valence-corrected chi connectivity index (χ2v) is 4.99. The predicted octanol–water partition coefficient (Wildman–Crippen LogP) is 3.13. The number of carbonyl (C=O) groups excluding carboxylic acids is 1. The highest BCUT2D eigenvalue weighted by Gasteiger charge is 2.14. The van der Waals surface area contributed by atoms with E-state index in [4.69, 9.17) is 4.74 Å². The number of rotatable bonds is 4. The average molecular weight is 214 g/mol. The summed E-state index contributed by atoms with van der Waals surface area (Å²) in [5.74, 6) is 0.212. The highest BCUT2D eigenvalue weighted by Crippen LogP contribution is 2.28. The molecule has 80 valence electrons. The molecule has 1 rings (SSSR count). The van der Waals surface area contributed by atoms with E-state index in [-0.39, 0.29) is 5.97 Å². The Hall–Kier alpha value is -0.440. The summed E-state index contributed by atoms with van der Waals surface area (Å²) in [4.78, 5) is 11.0. The van der Waals surface area contributed by atoms with Crippen LogP contribution >= 0.6 is 11.8 Å². The Morgan fingerprint density at radius 1 is 1.43 bits per heavy atom. The minimum atomic E-state index is -0.270. The zero-order valence-electron chi connectivity index (χ0n) is 8.75. The SMILES string of the molecule is C=C(C)C(=O)OCSC1CCCCC1. The minimum absolute atomic E-state index is 0.270. The van der Waals surface area contributed by atoms with Crippen molar-refractivity contribution in [3.63, 3.8) is 0 Å². The third kappa shape index (κ3) is 4.18. The molecule has 1 saturated carbocycles. The molecule has 1 aliphatic rings. The van der Waals surface area contributed by atoms with Crippen molar-refractivity contribution in [3.8, 4) is 0 Å². The van der Waals surface area contributed by atoms with E-state index in [2.05, 4.69) is 6.58 Å². The summed E-state index contributed by atoms with van der Waals surface area (Å²) in [6.45, 7) is 5.21. The van der Waals surface area contributed by atoms with Crippen molar-refractivity contribution in [3.05, 3.63) is 12.2 Å². The number of esters is 1. The van der Waals surface area contributed by atoms with Crippen molar-refractivity contribution in [2.75, 3.05) is 5.94 Å². The summed E-state index contributed by atoms with van der Waals surface area (Å²) in [6.07, 6.45) is 6.56. The molecule has 0 radical (unpaired) electrons. The summed E-state index contributed by atoms with van der Waals surface area (Å²) in [6, 6.07) is 0. The average Bonchev–Trinajstić information content (AvgIpc) is 2.19. The molecule has 0 atom stereocenters. The molecule has 0 bridgehead atoms. The molecule has 0 aliphatic heterocycles. The minimum Gasteiger partial charge on any atom is -0.451 e. The first-order valence-electron chi connectivity index (χ1n) is 5.14. The van der Waals surface area contributed by atoms with Gasteiger partial charge in [-0.05, 0) is 19.8 Å². The molecule has 0 N–H and O–H groups in total. The van der Waals surface area contributed by atoms with Crippen LogP contribution in [0.3, 0.4) is 0 Å². The van der Waals surface area contributed by atoms with Crippen LogP contribution in [0, 0.1) is 0 Å². The van der Waals surface area contributed by atoms with Gasteiger partial charge >= 0.3 is 5.97 Å². The standard InChI is InChI=1S/C11H18O2S/c1-9(2)11(12)13-8-14-10-6-4-3-5-7-10/h10H,1,3-8H2,2H3. The van der Waals surface area contributed by atoms with Crippen molar-refractivity contribution in [1.82, 2.24) is 0 Å². The van der Waals surface area contributed by atoms with Gasteiger partial charge < -0.3 is 4.74 Å². The Bertz CT molecular complexity index is 207. The van der Waals surface area contributed by atoms with Gasteiger partial charge in [0, 0.05) is 10.8 Å². The van der Waals surface area contributed by atoms with Crippen molar-refractivity contribution in [2.45, 2.75) is 44.3 Å². The monoisotopic (exact) mass is 214 g/mol. The number of hydrogen-bond donors (Lipinski definition) is 0. The zero-order valence-corrected chi connectivity index (χ0v) is 9.57. The molecule has 3 heteroatoms. The lowest BCUT2D eigenvalue weighted by Crippen LogP contribution is -2.11. The predicted molar refractivity (Wildman–Crippen MR) is 60.2 cm³/mol. The van der Waals surface area contributed by atoms with Crippen molar-refractivity contribution in [2.24, 2.45) is 0 Å². The van der Waals surface area contributed by atoms with Crippen LogP contribution < -0.4 is 0 Å². The largest absolute Gasteiger partial charge is 0.451 e. The molecule has 0 heterocycles. The van der Waals surface area contributed by atoms with Crippen LogP contribution in [0.1, 0.15) is 39.0 Å². The van der Waals surface area contributed by atoms with E-state index in [0.29, 0.717) is 16.8 Å². The highest BCUT2D eigenvalue weighted by atomic mass is 32.2. The molecule has 0 spiro atoms. The molecule has 0 amide bonds. The highest BCUT2D eigenvalue weighted by molar-refractivity contribution is 7.99. The number of hydrogen-bond acceptors (Lipinski definition) is 3. The van der Waals surface area contributed by atoms with E-state index in [1.54, 1.807) is 18.7 Å². The lowest BCUT2D eigenvalue weighted by atomic mass is 10.0. The molecule has 14 heavy (non-hydrogen) atoms. The Morgan fingerprint density at radius 2 is 2.07 bits per heavy atom. The quantitative estimate of drug-likeness (QED) is 0.408. The number of ether oxygens (including phenoxy) is 1. The van der Waals surface area contributed by atoms with E-state index in [1.165, 1.54) is 32.1 Å². The third-order valence-corrected chi connectivity index (χ3v) is 3.59. The van der Waals surface area contributed by atoms with Crippen LogP contribution in [0.25, 0.3) is 0 Å². The van der Waals surface area contributed by atoms with Crippen molar-refractivity contribution < 1.29 is 9.53 Å². The molecular formula is C11H18O2S. The van der Waals surface area contributed by atoms with Crippen LogP contribution in [0.4, 0.5) is 0 Å². The maximum atomic E-state index is 11.0. The fraction of sp³-hybridized carbons (Fsp3) is 0.727. The first-order chi connectivity index (χ1) is 6.70. The molecule has 0 aromatic carbocycles. The van der Waals surface area contributed by atoms with Gasteiger partial charge in [-0.25, -0.2) is 4.79 Å². The molecule has 0 unspecified atom stereocenters. The van der Waals surface area contributed by atoms with Crippen molar-refractivity contribution in [1.29, 1.82) is 0 Å². The molecule has 2 nitrogen and oxygen atoms in total. The summed E-state index contributed by atoms with van der Waals surface area (Å²) < 4.78 is 5.03. The van der Waals surface area contributed by atoms with E-state index in [1.807, 2.05) is 0 Å². The van der Waals surface area contributed by atoms with Crippen molar-refractivity contribution >= 4 is 17.7 Å². The van der Waals surface area contributed by atoms with Crippen LogP contribution in [0.15, 0.2) is 12.2 Å². The molecule has 0 aromatic rings. The smallest absolute Gasteiger partial charge is 0.333 e. The number of thioether (sulfide) groups is 1. The summed E-state index contributed by atoms with van der Waals surface area (Å²) in [5, 5.41) is 0.696. The van der Waals surface area contributed by atoms with Gasteiger partial charge in [0.1, 0.15) is 5.94 Å². The van der Waals surface area contributed by atoms with Gasteiger partial charge in [0.2, 0.25) is 0 Å². The van der Waals surface area contributed by atoms with Gasteiger partial charge in [-0.2, -0.15) is 0 Å². The molecular weight excluding hydrogens is 196 g/mol. The van der Waals surface area contributed by atoms with E-state index in [9.17, 15) is 4.79 Å². The lowest BCUT2D eigenvalue weighted by Gasteiger charge is -2.20. The summed E-state index contributed by atoms with van der Waals surface area (Å²) in [7, 11) is 0. The number of carbonyl (C=O) groups is 1. The van der Waals surface area contributed by atoms with Gasteiger partial charge in [-0.1, -0.05) is 25.8 Å². The first-order valence-corrected chi connectivity index (χ1v) is 6.19. The molecule has 0 aromatic heterocycles. The van der Waals surface area contributed by atoms with E-state index < -0.39 is 0 Å². The second-order valence-electron chi connectivity index (χ2n) is 3.76. The third-order valence-electron chi connectivity index (χ3n) is 2.39. The molecule has 1 aliphatic carbocycles. The van der Waals surface area contributed by atoms with E-state index >= 15 is 0 Å². The van der Waals surface area contributed by atoms with Gasteiger partial charge in [0.05, 0.1) is 0 Å². The van der Waals surface area contributed by atoms with Gasteiger partial charge in [-0.15, -0.1) is 11.8 Å². The molecule has 0 saturated heterocycles. The van der Waals surface area contributed by atoms with Crippen LogP contribution in [-0.2, 0) is 9.53 Å². The van der Waals surface area contributed by atoms with Gasteiger partial charge in [0.25, 0.3) is 0 Å². The van der Waals surface area contributed by atoms with Crippen LogP contribution in [0.5, 0.6) is 0 Å². The summed E-state index contributed by atoms with van der Waals surface area (Å²) in [5.41, 5.74) is 0.481. The molecule has 1 fully saturated rings. The first kappa shape index (κ1) is 11.6. The Balaban J connectivity index is 2.08. The fourth-order valence-electron chi connectivity index (χ4n) is 1.54. The maximum Gasteiger partial charge on any atom is 0.333 e. The second kappa shape index (κ2) is 6.12. The zero-order chi connectivity index (χ0) is 10.4. The van der Waals surface area contributed by atoms with Gasteiger partial charge in [0.15, 0.2) is 0 Å². The Labute approximate surface area is 90.1 Å². The fourth-order valence-corrected chi connectivity index (χ4v) is 2.57. The topological polar surface area (TPSA) is 26.3 Å².